The van der Waals surface area contributed by atoms with Gasteiger partial charge in [-0.3, -0.25) is 0 Å². The molecule has 0 aliphatic heterocycles. The molecule has 1 rings (SSSR count). The topological polar surface area (TPSA) is 52.0 Å². The number of halogens is 4. The van der Waals surface area contributed by atoms with Crippen LogP contribution in [0.2, 0.25) is 5.02 Å². The summed E-state index contributed by atoms with van der Waals surface area (Å²) in [6.07, 6.45) is 0. The number of anilines is 2. The highest BCUT2D eigenvalue weighted by molar-refractivity contribution is 6.31. The van der Waals surface area contributed by atoms with Crippen molar-refractivity contribution in [2.45, 2.75) is 0 Å². The molecule has 0 radical (unpaired) electrons. The first-order valence-electron chi connectivity index (χ1n) is 2.61. The Balaban J connectivity index is 0. The van der Waals surface area contributed by atoms with Gasteiger partial charge in [-0.25, -0.2) is 4.39 Å². The molecule has 0 unspecified atom stereocenters. The Labute approximate surface area is 86.9 Å². The van der Waals surface area contributed by atoms with Crippen molar-refractivity contribution in [3.05, 3.63) is 23.0 Å². The van der Waals surface area contributed by atoms with Crippen LogP contribution in [-0.4, -0.2) is 0 Å². The molecule has 2 nitrogen and oxygen atoms in total. The number of benzene rings is 1. The predicted molar refractivity (Wildman–Crippen MR) is 54.7 cm³/mol. The van der Waals surface area contributed by atoms with Crippen LogP contribution in [0.15, 0.2) is 12.1 Å². The fourth-order valence-electron chi connectivity index (χ4n) is 0.578. The molecule has 0 aromatic heterocycles. The van der Waals surface area contributed by atoms with Crippen LogP contribution >= 0.6 is 36.4 Å². The SMILES string of the molecule is Cl.Cl.Nc1cc(F)c(Cl)cc1N. The zero-order valence-electron chi connectivity index (χ0n) is 5.88. The molecule has 0 fully saturated rings. The third-order valence-corrected chi connectivity index (χ3v) is 1.42. The monoisotopic (exact) mass is 232 g/mol. The number of hydrogen-bond acceptors (Lipinski definition) is 2. The van der Waals surface area contributed by atoms with E-state index in [1.54, 1.807) is 0 Å². The normalized spacial score (nSPS) is 8.17. The van der Waals surface area contributed by atoms with Crippen LogP contribution in [0, 0.1) is 5.82 Å². The highest BCUT2D eigenvalue weighted by Gasteiger charge is 2.01. The molecular formula is C6H8Cl3FN2. The Morgan fingerprint density at radius 3 is 1.92 bits per heavy atom. The molecule has 0 saturated heterocycles. The molecular weight excluding hydrogens is 225 g/mol. The Kier molecular flexibility index (Phi) is 6.25. The average molecular weight is 234 g/mol. The number of nitrogens with two attached hydrogens (primary N) is 2. The molecule has 6 heteroatoms. The van der Waals surface area contributed by atoms with Gasteiger partial charge >= 0.3 is 0 Å². The van der Waals surface area contributed by atoms with Crippen LogP contribution in [-0.2, 0) is 0 Å². The van der Waals surface area contributed by atoms with Crippen LogP contribution in [0.5, 0.6) is 0 Å². The number of rotatable bonds is 0. The molecule has 0 bridgehead atoms. The second kappa shape index (κ2) is 5.30. The summed E-state index contributed by atoms with van der Waals surface area (Å²) < 4.78 is 12.5. The van der Waals surface area contributed by atoms with E-state index in [-0.39, 0.29) is 35.5 Å². The molecule has 0 saturated carbocycles. The fourth-order valence-corrected chi connectivity index (χ4v) is 0.750. The number of hydrogen-bond donors (Lipinski definition) is 2. The van der Waals surface area contributed by atoms with E-state index in [1.165, 1.54) is 6.07 Å². The van der Waals surface area contributed by atoms with Crippen molar-refractivity contribution < 1.29 is 4.39 Å². The minimum Gasteiger partial charge on any atom is -0.397 e. The average Bonchev–Trinajstić information content (AvgIpc) is 1.84. The maximum atomic E-state index is 12.5. The largest absolute Gasteiger partial charge is 0.397 e. The summed E-state index contributed by atoms with van der Waals surface area (Å²) in [5, 5.41) is -0.00769. The predicted octanol–water partition coefficient (Wildman–Crippen LogP) is 2.49. The van der Waals surface area contributed by atoms with Crippen LogP contribution < -0.4 is 11.5 Å². The van der Waals surface area contributed by atoms with E-state index in [2.05, 4.69) is 0 Å². The van der Waals surface area contributed by atoms with Crippen molar-refractivity contribution in [3.63, 3.8) is 0 Å². The first-order chi connectivity index (χ1) is 4.61. The third kappa shape index (κ3) is 2.93. The summed E-state index contributed by atoms with van der Waals surface area (Å²) in [6, 6.07) is 2.38. The van der Waals surface area contributed by atoms with E-state index in [9.17, 15) is 4.39 Å². The Morgan fingerprint density at radius 1 is 1.08 bits per heavy atom. The Hall–Kier alpha value is -0.380. The lowest BCUT2D eigenvalue weighted by Crippen LogP contribution is -1.95. The van der Waals surface area contributed by atoms with E-state index < -0.39 is 5.82 Å². The number of nitrogen functional groups attached to an aromatic ring is 2. The Bertz CT molecular complexity index is 217. The van der Waals surface area contributed by atoms with E-state index in [0.717, 1.165) is 6.07 Å². The summed E-state index contributed by atoms with van der Waals surface area (Å²) >= 11 is 5.38. The van der Waals surface area contributed by atoms with Gasteiger partial charge in [-0.2, -0.15) is 0 Å². The van der Waals surface area contributed by atoms with Gasteiger partial charge in [-0.1, -0.05) is 11.6 Å². The molecule has 0 aliphatic rings. The summed E-state index contributed by atoms with van der Waals surface area (Å²) in [7, 11) is 0. The van der Waals surface area contributed by atoms with E-state index in [1.807, 2.05) is 0 Å². The molecule has 12 heavy (non-hydrogen) atoms. The maximum absolute atomic E-state index is 12.5. The smallest absolute Gasteiger partial charge is 0.143 e. The molecule has 1 aromatic carbocycles. The molecule has 0 atom stereocenters. The summed E-state index contributed by atoms with van der Waals surface area (Å²) in [5.41, 5.74) is 11.1. The van der Waals surface area contributed by atoms with Crippen molar-refractivity contribution >= 4 is 47.8 Å². The Morgan fingerprint density at radius 2 is 1.50 bits per heavy atom. The van der Waals surface area contributed by atoms with Gasteiger partial charge in [0.2, 0.25) is 0 Å². The van der Waals surface area contributed by atoms with Gasteiger partial charge < -0.3 is 11.5 Å². The van der Waals surface area contributed by atoms with Crippen LogP contribution in [0.25, 0.3) is 0 Å². The summed E-state index contributed by atoms with van der Waals surface area (Å²) in [6.45, 7) is 0. The van der Waals surface area contributed by atoms with Gasteiger partial charge in [0, 0.05) is 6.07 Å². The lowest BCUT2D eigenvalue weighted by atomic mass is 10.3. The van der Waals surface area contributed by atoms with Crippen molar-refractivity contribution in [1.29, 1.82) is 0 Å². The molecule has 4 N–H and O–H groups in total. The fraction of sp³-hybridized carbons (Fsp3) is 0. The molecule has 0 amide bonds. The van der Waals surface area contributed by atoms with Crippen molar-refractivity contribution in [1.82, 2.24) is 0 Å². The van der Waals surface area contributed by atoms with Gasteiger partial charge in [0.1, 0.15) is 5.82 Å². The minimum atomic E-state index is -0.548. The van der Waals surface area contributed by atoms with E-state index in [0.29, 0.717) is 5.69 Å². The molecule has 0 spiro atoms. The second-order valence-corrected chi connectivity index (χ2v) is 2.30. The van der Waals surface area contributed by atoms with Crippen LogP contribution in [0.4, 0.5) is 15.8 Å². The van der Waals surface area contributed by atoms with Gasteiger partial charge in [-0.05, 0) is 6.07 Å². The highest BCUT2D eigenvalue weighted by Crippen LogP contribution is 2.23. The first kappa shape index (κ1) is 14.2. The van der Waals surface area contributed by atoms with E-state index in [4.69, 9.17) is 23.1 Å². The van der Waals surface area contributed by atoms with Crippen LogP contribution in [0.3, 0.4) is 0 Å². The zero-order chi connectivity index (χ0) is 7.72. The van der Waals surface area contributed by atoms with Gasteiger partial charge in [0.25, 0.3) is 0 Å². The molecule has 70 valence electrons. The zero-order valence-corrected chi connectivity index (χ0v) is 8.27. The molecule has 0 heterocycles. The second-order valence-electron chi connectivity index (χ2n) is 1.90. The summed E-state index contributed by atoms with van der Waals surface area (Å²) in [5.74, 6) is -0.548. The van der Waals surface area contributed by atoms with Crippen molar-refractivity contribution in [2.24, 2.45) is 0 Å². The van der Waals surface area contributed by atoms with Gasteiger partial charge in [-0.15, -0.1) is 24.8 Å². The lowest BCUT2D eigenvalue weighted by Gasteiger charge is -1.99. The van der Waals surface area contributed by atoms with Crippen molar-refractivity contribution in [3.8, 4) is 0 Å². The lowest BCUT2D eigenvalue weighted by molar-refractivity contribution is 0.629. The van der Waals surface area contributed by atoms with E-state index >= 15 is 0 Å². The first-order valence-corrected chi connectivity index (χ1v) is 2.99. The summed E-state index contributed by atoms with van der Waals surface area (Å²) in [4.78, 5) is 0. The third-order valence-electron chi connectivity index (χ3n) is 1.13. The quantitative estimate of drug-likeness (QED) is 0.677. The molecule has 0 aliphatic carbocycles. The maximum Gasteiger partial charge on any atom is 0.143 e. The van der Waals surface area contributed by atoms with Crippen molar-refractivity contribution in [2.75, 3.05) is 11.5 Å². The van der Waals surface area contributed by atoms with Gasteiger partial charge in [0.15, 0.2) is 0 Å². The van der Waals surface area contributed by atoms with Gasteiger partial charge in [0.05, 0.1) is 16.4 Å². The highest BCUT2D eigenvalue weighted by atomic mass is 35.5. The molecule has 1 aromatic rings. The van der Waals surface area contributed by atoms with Crippen LogP contribution in [0.1, 0.15) is 0 Å². The minimum absolute atomic E-state index is 0. The standard InChI is InChI=1S/C6H6ClFN2.2ClH/c7-3-1-5(9)6(10)2-4(3)8;;/h1-2H,9-10H2;2*1H.